The van der Waals surface area contributed by atoms with Gasteiger partial charge >= 0.3 is 0 Å². The number of rotatable bonds is 1. The number of carbonyl (C=O) groups is 1. The molecule has 3 heteroatoms. The number of benzene rings is 1. The van der Waals surface area contributed by atoms with E-state index in [0.29, 0.717) is 25.9 Å². The molecule has 1 amide bonds. The lowest BCUT2D eigenvalue weighted by molar-refractivity contribution is -0.00202. The Morgan fingerprint density at radius 1 is 1.35 bits per heavy atom. The summed E-state index contributed by atoms with van der Waals surface area (Å²) in [5.74, 6) is 0.0733. The van der Waals surface area contributed by atoms with Crippen LogP contribution in [0.15, 0.2) is 24.3 Å². The molecule has 1 fully saturated rings. The maximum atomic E-state index is 12.2. The van der Waals surface area contributed by atoms with Gasteiger partial charge in [-0.05, 0) is 38.8 Å². The summed E-state index contributed by atoms with van der Waals surface area (Å²) in [6.07, 6.45) is 1.31. The van der Waals surface area contributed by atoms with Crippen LogP contribution in [0.4, 0.5) is 0 Å². The third-order valence-electron chi connectivity index (χ3n) is 3.39. The monoisotopic (exact) mass is 233 g/mol. The van der Waals surface area contributed by atoms with Gasteiger partial charge in [-0.15, -0.1) is 0 Å². The second-order valence-electron chi connectivity index (χ2n) is 5.16. The van der Waals surface area contributed by atoms with Crippen LogP contribution in [0.25, 0.3) is 0 Å². The van der Waals surface area contributed by atoms with E-state index in [1.807, 2.05) is 43.0 Å². The highest BCUT2D eigenvalue weighted by Crippen LogP contribution is 2.22. The number of aryl methyl sites for hydroxylation is 1. The summed E-state index contributed by atoms with van der Waals surface area (Å²) >= 11 is 0. The Balaban J connectivity index is 2.07. The van der Waals surface area contributed by atoms with E-state index in [2.05, 4.69) is 0 Å². The maximum absolute atomic E-state index is 12.2. The molecule has 0 saturated carbocycles. The van der Waals surface area contributed by atoms with E-state index in [1.54, 1.807) is 0 Å². The Labute approximate surface area is 102 Å². The van der Waals surface area contributed by atoms with Gasteiger partial charge in [0.25, 0.3) is 5.91 Å². The van der Waals surface area contributed by atoms with Crippen LogP contribution in [0.5, 0.6) is 0 Å². The number of aliphatic hydroxyl groups is 1. The standard InChI is InChI=1S/C14H19NO2/c1-11-4-3-5-12(10-11)13(16)15-8-6-14(2,17)7-9-15/h3-5,10,17H,6-9H2,1-2H3. The van der Waals surface area contributed by atoms with Gasteiger partial charge < -0.3 is 10.0 Å². The lowest BCUT2D eigenvalue weighted by atomic mass is 9.93. The van der Waals surface area contributed by atoms with E-state index in [0.717, 1.165) is 11.1 Å². The van der Waals surface area contributed by atoms with E-state index in [-0.39, 0.29) is 5.91 Å². The Morgan fingerprint density at radius 3 is 2.59 bits per heavy atom. The van der Waals surface area contributed by atoms with E-state index in [4.69, 9.17) is 0 Å². The fourth-order valence-electron chi connectivity index (χ4n) is 2.15. The van der Waals surface area contributed by atoms with Gasteiger partial charge in [0, 0.05) is 18.7 Å². The van der Waals surface area contributed by atoms with Crippen LogP contribution in [-0.4, -0.2) is 34.6 Å². The molecular formula is C14H19NO2. The number of likely N-dealkylation sites (tertiary alicyclic amines) is 1. The summed E-state index contributed by atoms with van der Waals surface area (Å²) in [6, 6.07) is 7.65. The molecule has 1 N–H and O–H groups in total. The van der Waals surface area contributed by atoms with Gasteiger partial charge in [0.05, 0.1) is 5.60 Å². The maximum Gasteiger partial charge on any atom is 0.253 e. The molecule has 1 aromatic rings. The minimum atomic E-state index is -0.608. The zero-order valence-corrected chi connectivity index (χ0v) is 10.4. The molecular weight excluding hydrogens is 214 g/mol. The molecule has 17 heavy (non-hydrogen) atoms. The van der Waals surface area contributed by atoms with Crippen molar-refractivity contribution >= 4 is 5.91 Å². The highest BCUT2D eigenvalue weighted by molar-refractivity contribution is 5.94. The number of carbonyl (C=O) groups excluding carboxylic acids is 1. The van der Waals surface area contributed by atoms with Gasteiger partial charge in [-0.1, -0.05) is 17.7 Å². The first kappa shape index (κ1) is 12.1. The molecule has 1 aliphatic heterocycles. The molecule has 1 saturated heterocycles. The summed E-state index contributed by atoms with van der Waals surface area (Å²) in [6.45, 7) is 5.10. The molecule has 1 heterocycles. The molecule has 1 aromatic carbocycles. The number of hydrogen-bond acceptors (Lipinski definition) is 2. The zero-order chi connectivity index (χ0) is 12.5. The molecule has 3 nitrogen and oxygen atoms in total. The first-order valence-corrected chi connectivity index (χ1v) is 6.06. The van der Waals surface area contributed by atoms with Crippen molar-refractivity contribution in [3.63, 3.8) is 0 Å². The molecule has 2 rings (SSSR count). The molecule has 1 aliphatic rings. The minimum absolute atomic E-state index is 0.0733. The van der Waals surface area contributed by atoms with Crippen LogP contribution < -0.4 is 0 Å². The van der Waals surface area contributed by atoms with Crippen molar-refractivity contribution in [1.29, 1.82) is 0 Å². The average molecular weight is 233 g/mol. The quantitative estimate of drug-likeness (QED) is 0.805. The van der Waals surface area contributed by atoms with Gasteiger partial charge in [0.2, 0.25) is 0 Å². The Morgan fingerprint density at radius 2 is 2.00 bits per heavy atom. The predicted molar refractivity (Wildman–Crippen MR) is 66.9 cm³/mol. The van der Waals surface area contributed by atoms with Crippen LogP contribution >= 0.6 is 0 Å². The highest BCUT2D eigenvalue weighted by atomic mass is 16.3. The Bertz CT molecular complexity index is 416. The average Bonchev–Trinajstić information content (AvgIpc) is 2.28. The third kappa shape index (κ3) is 2.86. The predicted octanol–water partition coefficient (Wildman–Crippen LogP) is 1.98. The molecule has 0 unspecified atom stereocenters. The molecule has 0 aromatic heterocycles. The van der Waals surface area contributed by atoms with E-state index >= 15 is 0 Å². The molecule has 0 radical (unpaired) electrons. The number of amides is 1. The lowest BCUT2D eigenvalue weighted by Crippen LogP contribution is -2.45. The van der Waals surface area contributed by atoms with Crippen LogP contribution in [0, 0.1) is 6.92 Å². The summed E-state index contributed by atoms with van der Waals surface area (Å²) in [4.78, 5) is 14.0. The first-order chi connectivity index (χ1) is 7.98. The van der Waals surface area contributed by atoms with Crippen molar-refractivity contribution in [3.05, 3.63) is 35.4 Å². The molecule has 0 spiro atoms. The van der Waals surface area contributed by atoms with E-state index in [1.165, 1.54) is 0 Å². The van der Waals surface area contributed by atoms with Gasteiger partial charge in [0.1, 0.15) is 0 Å². The van der Waals surface area contributed by atoms with Crippen LogP contribution in [0.2, 0.25) is 0 Å². The summed E-state index contributed by atoms with van der Waals surface area (Å²) in [5, 5.41) is 9.85. The molecule has 92 valence electrons. The molecule has 0 aliphatic carbocycles. The zero-order valence-electron chi connectivity index (χ0n) is 10.4. The van der Waals surface area contributed by atoms with Gasteiger partial charge in [-0.3, -0.25) is 4.79 Å². The normalized spacial score (nSPS) is 19.1. The van der Waals surface area contributed by atoms with Crippen LogP contribution in [0.3, 0.4) is 0 Å². The van der Waals surface area contributed by atoms with Crippen molar-refractivity contribution in [2.24, 2.45) is 0 Å². The van der Waals surface area contributed by atoms with Crippen molar-refractivity contribution in [2.45, 2.75) is 32.3 Å². The van der Waals surface area contributed by atoms with Gasteiger partial charge in [-0.2, -0.15) is 0 Å². The van der Waals surface area contributed by atoms with Crippen molar-refractivity contribution in [3.8, 4) is 0 Å². The molecule has 0 atom stereocenters. The summed E-state index contributed by atoms with van der Waals surface area (Å²) < 4.78 is 0. The first-order valence-electron chi connectivity index (χ1n) is 6.06. The van der Waals surface area contributed by atoms with Crippen molar-refractivity contribution in [2.75, 3.05) is 13.1 Å². The highest BCUT2D eigenvalue weighted by Gasteiger charge is 2.29. The van der Waals surface area contributed by atoms with Gasteiger partial charge in [0.15, 0.2) is 0 Å². The van der Waals surface area contributed by atoms with Crippen molar-refractivity contribution < 1.29 is 9.90 Å². The number of nitrogens with zero attached hydrogens (tertiary/aromatic N) is 1. The summed E-state index contributed by atoms with van der Waals surface area (Å²) in [7, 11) is 0. The lowest BCUT2D eigenvalue weighted by Gasteiger charge is -2.35. The topological polar surface area (TPSA) is 40.5 Å². The SMILES string of the molecule is Cc1cccc(C(=O)N2CCC(C)(O)CC2)c1. The second kappa shape index (κ2) is 4.49. The number of piperidine rings is 1. The number of hydrogen-bond donors (Lipinski definition) is 1. The summed E-state index contributed by atoms with van der Waals surface area (Å²) in [5.41, 5.74) is 1.23. The largest absolute Gasteiger partial charge is 0.390 e. The second-order valence-corrected chi connectivity index (χ2v) is 5.16. The van der Waals surface area contributed by atoms with Crippen LogP contribution in [-0.2, 0) is 0 Å². The van der Waals surface area contributed by atoms with Gasteiger partial charge in [-0.25, -0.2) is 0 Å². The fourth-order valence-corrected chi connectivity index (χ4v) is 2.15. The third-order valence-corrected chi connectivity index (χ3v) is 3.39. The van der Waals surface area contributed by atoms with Crippen molar-refractivity contribution in [1.82, 2.24) is 4.90 Å². The fraction of sp³-hybridized carbons (Fsp3) is 0.500. The van der Waals surface area contributed by atoms with E-state index in [9.17, 15) is 9.90 Å². The van der Waals surface area contributed by atoms with Crippen LogP contribution in [0.1, 0.15) is 35.7 Å². The molecule has 0 bridgehead atoms. The Kier molecular flexibility index (Phi) is 3.20. The minimum Gasteiger partial charge on any atom is -0.390 e. The van der Waals surface area contributed by atoms with E-state index < -0.39 is 5.60 Å². The Hall–Kier alpha value is -1.35. The smallest absolute Gasteiger partial charge is 0.253 e.